The zero-order chi connectivity index (χ0) is 9.56. The van der Waals surface area contributed by atoms with Crippen molar-refractivity contribution < 1.29 is 0 Å². The van der Waals surface area contributed by atoms with Crippen LogP contribution in [0.1, 0.15) is 26.5 Å². The lowest BCUT2D eigenvalue weighted by molar-refractivity contribution is 0.999. The van der Waals surface area contributed by atoms with E-state index in [0.29, 0.717) is 5.15 Å². The van der Waals surface area contributed by atoms with E-state index in [0.717, 1.165) is 12.1 Å². The second kappa shape index (κ2) is 6.21. The first-order valence-corrected chi connectivity index (χ1v) is 4.67. The summed E-state index contributed by atoms with van der Waals surface area (Å²) < 4.78 is 0. The lowest BCUT2D eigenvalue weighted by Crippen LogP contribution is -1.89. The average molecular weight is 207 g/mol. The van der Waals surface area contributed by atoms with E-state index in [1.807, 2.05) is 20.8 Å². The van der Waals surface area contributed by atoms with Gasteiger partial charge in [0.15, 0.2) is 0 Å². The van der Waals surface area contributed by atoms with Crippen LogP contribution in [0.5, 0.6) is 0 Å². The number of aromatic nitrogens is 2. The highest BCUT2D eigenvalue weighted by atomic mass is 35.5. The maximum Gasteiger partial charge on any atom is 0.224 e. The van der Waals surface area contributed by atoms with E-state index in [2.05, 4.69) is 9.97 Å². The van der Waals surface area contributed by atoms with Crippen LogP contribution >= 0.6 is 23.2 Å². The van der Waals surface area contributed by atoms with Crippen LogP contribution < -0.4 is 0 Å². The van der Waals surface area contributed by atoms with Gasteiger partial charge in [0.1, 0.15) is 5.15 Å². The third kappa shape index (κ3) is 3.88. The first-order valence-electron chi connectivity index (χ1n) is 3.91. The molecule has 0 fully saturated rings. The SMILES string of the molecule is CC.CCc1cc(Cl)nc(Cl)n1. The highest BCUT2D eigenvalue weighted by Gasteiger charge is 1.97. The minimum absolute atomic E-state index is 0.212. The average Bonchev–Trinajstić information content (AvgIpc) is 2.06. The van der Waals surface area contributed by atoms with Crippen LogP contribution in [0.4, 0.5) is 0 Å². The van der Waals surface area contributed by atoms with Crippen LogP contribution in [0, 0.1) is 0 Å². The van der Waals surface area contributed by atoms with Crippen LogP contribution in [0.3, 0.4) is 0 Å². The fraction of sp³-hybridized carbons (Fsp3) is 0.500. The molecule has 1 rings (SSSR count). The Morgan fingerprint density at radius 2 is 1.83 bits per heavy atom. The molecule has 0 amide bonds. The number of nitrogens with zero attached hydrogens (tertiary/aromatic N) is 2. The smallest absolute Gasteiger partial charge is 0.223 e. The van der Waals surface area contributed by atoms with Crippen LogP contribution in [0.2, 0.25) is 10.4 Å². The molecule has 0 aliphatic carbocycles. The van der Waals surface area contributed by atoms with Crippen molar-refractivity contribution in [2.75, 3.05) is 0 Å². The van der Waals surface area contributed by atoms with Gasteiger partial charge in [0, 0.05) is 5.69 Å². The Morgan fingerprint density at radius 1 is 1.25 bits per heavy atom. The predicted octanol–water partition coefficient (Wildman–Crippen LogP) is 3.37. The summed E-state index contributed by atoms with van der Waals surface area (Å²) in [7, 11) is 0. The second-order valence-corrected chi connectivity index (χ2v) is 2.53. The van der Waals surface area contributed by atoms with Crippen LogP contribution in [-0.4, -0.2) is 9.97 Å². The molecule has 0 unspecified atom stereocenters. The molecule has 1 heterocycles. The van der Waals surface area contributed by atoms with E-state index >= 15 is 0 Å². The lowest BCUT2D eigenvalue weighted by Gasteiger charge is -1.95. The predicted molar refractivity (Wildman–Crippen MR) is 52.8 cm³/mol. The van der Waals surface area contributed by atoms with E-state index in [4.69, 9.17) is 23.2 Å². The van der Waals surface area contributed by atoms with Crippen molar-refractivity contribution in [3.63, 3.8) is 0 Å². The molecule has 2 nitrogen and oxygen atoms in total. The molecule has 0 N–H and O–H groups in total. The molecule has 12 heavy (non-hydrogen) atoms. The number of hydrogen-bond acceptors (Lipinski definition) is 2. The van der Waals surface area contributed by atoms with Gasteiger partial charge < -0.3 is 0 Å². The van der Waals surface area contributed by atoms with Gasteiger partial charge in [-0.2, -0.15) is 0 Å². The van der Waals surface area contributed by atoms with Gasteiger partial charge >= 0.3 is 0 Å². The molecular formula is C8H12Cl2N2. The largest absolute Gasteiger partial charge is 0.224 e. The molecule has 4 heteroatoms. The summed E-state index contributed by atoms with van der Waals surface area (Å²) in [5.41, 5.74) is 0.866. The molecule has 68 valence electrons. The summed E-state index contributed by atoms with van der Waals surface area (Å²) in [6.07, 6.45) is 0.821. The summed E-state index contributed by atoms with van der Waals surface area (Å²) in [5.74, 6) is 0. The topological polar surface area (TPSA) is 25.8 Å². The Balaban J connectivity index is 0.000000561. The lowest BCUT2D eigenvalue weighted by atomic mass is 10.3. The number of halogens is 2. The Kier molecular flexibility index (Phi) is 6.03. The van der Waals surface area contributed by atoms with Crippen molar-refractivity contribution in [1.82, 2.24) is 9.97 Å². The van der Waals surface area contributed by atoms with Gasteiger partial charge in [0.05, 0.1) is 0 Å². The summed E-state index contributed by atoms with van der Waals surface area (Å²) >= 11 is 11.1. The fourth-order valence-electron chi connectivity index (χ4n) is 0.615. The molecule has 0 saturated heterocycles. The normalized spacial score (nSPS) is 8.75. The molecule has 1 aromatic rings. The third-order valence-corrected chi connectivity index (χ3v) is 1.45. The summed E-state index contributed by atoms with van der Waals surface area (Å²) in [6.45, 7) is 5.98. The molecule has 0 radical (unpaired) electrons. The minimum atomic E-state index is 0.212. The van der Waals surface area contributed by atoms with Crippen molar-refractivity contribution in [2.45, 2.75) is 27.2 Å². The first-order chi connectivity index (χ1) is 5.72. The van der Waals surface area contributed by atoms with E-state index in [1.165, 1.54) is 0 Å². The summed E-state index contributed by atoms with van der Waals surface area (Å²) in [4.78, 5) is 7.62. The Hall–Kier alpha value is -0.340. The molecule has 0 aliphatic rings. The Labute approximate surface area is 82.9 Å². The fourth-order valence-corrected chi connectivity index (χ4v) is 1.06. The molecule has 0 aromatic carbocycles. The Morgan fingerprint density at radius 3 is 2.25 bits per heavy atom. The van der Waals surface area contributed by atoms with Gasteiger partial charge in [-0.1, -0.05) is 32.4 Å². The number of hydrogen-bond donors (Lipinski definition) is 0. The molecule has 1 aromatic heterocycles. The van der Waals surface area contributed by atoms with E-state index < -0.39 is 0 Å². The number of aryl methyl sites for hydroxylation is 1. The monoisotopic (exact) mass is 206 g/mol. The van der Waals surface area contributed by atoms with Gasteiger partial charge in [0.2, 0.25) is 5.28 Å². The van der Waals surface area contributed by atoms with E-state index in [1.54, 1.807) is 6.07 Å². The summed E-state index contributed by atoms with van der Waals surface area (Å²) in [5, 5.41) is 0.612. The van der Waals surface area contributed by atoms with Gasteiger partial charge in [-0.3, -0.25) is 0 Å². The maximum absolute atomic E-state index is 5.59. The standard InChI is InChI=1S/C6H6Cl2N2.C2H6/c1-2-4-3-5(7)10-6(8)9-4;1-2/h3H,2H2,1H3;1-2H3. The van der Waals surface area contributed by atoms with Gasteiger partial charge in [-0.05, 0) is 24.1 Å². The zero-order valence-corrected chi connectivity index (χ0v) is 8.95. The van der Waals surface area contributed by atoms with Crippen molar-refractivity contribution in [1.29, 1.82) is 0 Å². The van der Waals surface area contributed by atoms with Crippen LogP contribution in [0.25, 0.3) is 0 Å². The van der Waals surface area contributed by atoms with Gasteiger partial charge in [-0.25, -0.2) is 9.97 Å². The van der Waals surface area contributed by atoms with E-state index in [9.17, 15) is 0 Å². The molecule has 0 saturated carbocycles. The quantitative estimate of drug-likeness (QED) is 0.521. The van der Waals surface area contributed by atoms with E-state index in [-0.39, 0.29) is 5.28 Å². The Bertz CT molecular complexity index is 218. The van der Waals surface area contributed by atoms with Gasteiger partial charge in [-0.15, -0.1) is 0 Å². The van der Waals surface area contributed by atoms with Crippen molar-refractivity contribution in [2.24, 2.45) is 0 Å². The van der Waals surface area contributed by atoms with Crippen LogP contribution in [-0.2, 0) is 6.42 Å². The molecular weight excluding hydrogens is 195 g/mol. The third-order valence-electron chi connectivity index (χ3n) is 1.08. The molecule has 0 aliphatic heterocycles. The van der Waals surface area contributed by atoms with Crippen molar-refractivity contribution in [3.05, 3.63) is 22.2 Å². The second-order valence-electron chi connectivity index (χ2n) is 1.80. The molecule has 0 bridgehead atoms. The molecule has 0 atom stereocenters. The van der Waals surface area contributed by atoms with Gasteiger partial charge in [0.25, 0.3) is 0 Å². The minimum Gasteiger partial charge on any atom is -0.223 e. The van der Waals surface area contributed by atoms with Crippen molar-refractivity contribution >= 4 is 23.2 Å². The highest BCUT2D eigenvalue weighted by Crippen LogP contribution is 2.10. The zero-order valence-electron chi connectivity index (χ0n) is 7.43. The highest BCUT2D eigenvalue weighted by molar-refractivity contribution is 6.31. The van der Waals surface area contributed by atoms with Crippen LogP contribution in [0.15, 0.2) is 6.07 Å². The molecule has 0 spiro atoms. The number of rotatable bonds is 1. The van der Waals surface area contributed by atoms with Crippen molar-refractivity contribution in [3.8, 4) is 0 Å². The summed E-state index contributed by atoms with van der Waals surface area (Å²) in [6, 6.07) is 1.70. The first kappa shape index (κ1) is 11.7. The maximum atomic E-state index is 5.59.